The molecule has 2 atom stereocenters. The minimum absolute atomic E-state index is 0.0889. The quantitative estimate of drug-likeness (QED) is 0.691. The maximum atomic E-state index is 12.1. The molecule has 1 aromatic rings. The standard InChI is InChI=1S/C10H15N3O5S/c1-6(7-2-3-18-5-7)13-19(16,17)9-8(10(14)15)4-11-12-9/h4,6-7,13H,2-3,5H2,1H3,(H,11,12)(H,14,15). The number of H-pyrrole nitrogens is 1. The van der Waals surface area contributed by atoms with Crippen LogP contribution in [0, 0.1) is 5.92 Å². The Morgan fingerprint density at radius 1 is 1.68 bits per heavy atom. The minimum atomic E-state index is -3.93. The van der Waals surface area contributed by atoms with Gasteiger partial charge in [-0.15, -0.1) is 0 Å². The Bertz CT molecular complexity index is 561. The third-order valence-electron chi connectivity index (χ3n) is 3.12. The smallest absolute Gasteiger partial charge is 0.340 e. The number of hydrogen-bond donors (Lipinski definition) is 3. The molecule has 1 aliphatic rings. The average molecular weight is 289 g/mol. The van der Waals surface area contributed by atoms with Crippen molar-refractivity contribution in [2.75, 3.05) is 13.2 Å². The van der Waals surface area contributed by atoms with E-state index >= 15 is 0 Å². The van der Waals surface area contributed by atoms with Gasteiger partial charge in [0, 0.05) is 18.6 Å². The van der Waals surface area contributed by atoms with Crippen LogP contribution in [-0.4, -0.2) is 48.9 Å². The highest BCUT2D eigenvalue weighted by atomic mass is 32.2. The van der Waals surface area contributed by atoms with Crippen LogP contribution in [-0.2, 0) is 14.8 Å². The van der Waals surface area contributed by atoms with Crippen molar-refractivity contribution in [3.8, 4) is 0 Å². The second-order valence-electron chi connectivity index (χ2n) is 4.45. The number of sulfonamides is 1. The lowest BCUT2D eigenvalue weighted by atomic mass is 10.0. The van der Waals surface area contributed by atoms with E-state index < -0.39 is 21.0 Å². The molecule has 1 fully saturated rings. The van der Waals surface area contributed by atoms with Crippen LogP contribution in [0.4, 0.5) is 0 Å². The van der Waals surface area contributed by atoms with Crippen molar-refractivity contribution < 1.29 is 23.1 Å². The average Bonchev–Trinajstić information content (AvgIpc) is 3.00. The summed E-state index contributed by atoms with van der Waals surface area (Å²) >= 11 is 0. The maximum Gasteiger partial charge on any atom is 0.340 e. The molecular formula is C10H15N3O5S. The predicted octanol–water partition coefficient (Wildman–Crippen LogP) is -0.189. The number of aromatic carboxylic acids is 1. The number of carbonyl (C=O) groups is 1. The zero-order valence-electron chi connectivity index (χ0n) is 10.3. The molecule has 0 spiro atoms. The fraction of sp³-hybridized carbons (Fsp3) is 0.600. The first kappa shape index (κ1) is 14.0. The van der Waals surface area contributed by atoms with E-state index in [1.807, 2.05) is 0 Å². The summed E-state index contributed by atoms with van der Waals surface area (Å²) in [5.41, 5.74) is -0.373. The third-order valence-corrected chi connectivity index (χ3v) is 4.65. The topological polar surface area (TPSA) is 121 Å². The van der Waals surface area contributed by atoms with Gasteiger partial charge in [-0.05, 0) is 13.3 Å². The van der Waals surface area contributed by atoms with Gasteiger partial charge in [-0.2, -0.15) is 5.10 Å². The zero-order valence-corrected chi connectivity index (χ0v) is 11.1. The molecule has 106 valence electrons. The van der Waals surface area contributed by atoms with Gasteiger partial charge in [0.1, 0.15) is 5.56 Å². The van der Waals surface area contributed by atoms with Gasteiger partial charge in [-0.25, -0.2) is 17.9 Å². The first-order valence-electron chi connectivity index (χ1n) is 5.78. The lowest BCUT2D eigenvalue weighted by Gasteiger charge is -2.18. The van der Waals surface area contributed by atoms with E-state index in [1.54, 1.807) is 6.92 Å². The van der Waals surface area contributed by atoms with Gasteiger partial charge in [0.25, 0.3) is 10.0 Å². The van der Waals surface area contributed by atoms with E-state index in [9.17, 15) is 13.2 Å². The Morgan fingerprint density at radius 2 is 2.42 bits per heavy atom. The molecule has 0 amide bonds. The monoisotopic (exact) mass is 289 g/mol. The van der Waals surface area contributed by atoms with E-state index in [4.69, 9.17) is 9.84 Å². The fourth-order valence-corrected chi connectivity index (χ4v) is 3.38. The van der Waals surface area contributed by atoms with Crippen LogP contribution >= 0.6 is 0 Å². The van der Waals surface area contributed by atoms with Crippen LogP contribution in [0.3, 0.4) is 0 Å². The van der Waals surface area contributed by atoms with E-state index in [-0.39, 0.29) is 17.5 Å². The van der Waals surface area contributed by atoms with Crippen LogP contribution in [0.5, 0.6) is 0 Å². The highest BCUT2D eigenvalue weighted by Gasteiger charge is 2.30. The van der Waals surface area contributed by atoms with Crippen molar-refractivity contribution in [3.05, 3.63) is 11.8 Å². The van der Waals surface area contributed by atoms with Gasteiger partial charge in [0.2, 0.25) is 0 Å². The van der Waals surface area contributed by atoms with E-state index in [0.29, 0.717) is 13.2 Å². The molecule has 1 aromatic heterocycles. The van der Waals surface area contributed by atoms with E-state index in [0.717, 1.165) is 12.6 Å². The molecule has 2 heterocycles. The summed E-state index contributed by atoms with van der Waals surface area (Å²) in [6.07, 6.45) is 1.75. The second kappa shape index (κ2) is 5.27. The summed E-state index contributed by atoms with van der Waals surface area (Å²) in [5, 5.41) is 14.1. The molecule has 0 saturated carbocycles. The first-order chi connectivity index (χ1) is 8.92. The van der Waals surface area contributed by atoms with Gasteiger partial charge in [-0.1, -0.05) is 0 Å². The summed E-state index contributed by atoms with van der Waals surface area (Å²) in [6.45, 7) is 2.84. The zero-order chi connectivity index (χ0) is 14.0. The van der Waals surface area contributed by atoms with Crippen LogP contribution < -0.4 is 4.72 Å². The number of aromatic amines is 1. The van der Waals surface area contributed by atoms with Crippen molar-refractivity contribution in [3.63, 3.8) is 0 Å². The number of nitrogens with zero attached hydrogens (tertiary/aromatic N) is 1. The highest BCUT2D eigenvalue weighted by Crippen LogP contribution is 2.19. The minimum Gasteiger partial charge on any atom is -0.478 e. The molecule has 19 heavy (non-hydrogen) atoms. The molecule has 1 saturated heterocycles. The predicted molar refractivity (Wildman–Crippen MR) is 64.3 cm³/mol. The van der Waals surface area contributed by atoms with Crippen molar-refractivity contribution in [2.45, 2.75) is 24.4 Å². The Balaban J connectivity index is 2.17. The maximum absolute atomic E-state index is 12.1. The van der Waals surface area contributed by atoms with Gasteiger partial charge in [-0.3, -0.25) is 5.10 Å². The molecule has 0 aliphatic carbocycles. The first-order valence-corrected chi connectivity index (χ1v) is 7.27. The van der Waals surface area contributed by atoms with Crippen LogP contribution in [0.1, 0.15) is 23.7 Å². The third kappa shape index (κ3) is 2.94. The summed E-state index contributed by atoms with van der Waals surface area (Å²) < 4.78 is 31.8. The van der Waals surface area contributed by atoms with Gasteiger partial charge < -0.3 is 9.84 Å². The molecular weight excluding hydrogens is 274 g/mol. The molecule has 0 aromatic carbocycles. The highest BCUT2D eigenvalue weighted by molar-refractivity contribution is 7.89. The van der Waals surface area contributed by atoms with Gasteiger partial charge in [0.15, 0.2) is 5.03 Å². The van der Waals surface area contributed by atoms with Crippen LogP contribution in [0.15, 0.2) is 11.2 Å². The lowest BCUT2D eigenvalue weighted by molar-refractivity contribution is 0.0692. The molecule has 2 rings (SSSR count). The Morgan fingerprint density at radius 3 is 3.00 bits per heavy atom. The number of rotatable bonds is 5. The Labute approximate surface area is 110 Å². The summed E-state index contributed by atoms with van der Waals surface area (Å²) in [4.78, 5) is 10.9. The number of nitrogens with one attached hydrogen (secondary N) is 2. The Kier molecular flexibility index (Phi) is 3.88. The van der Waals surface area contributed by atoms with Crippen LogP contribution in [0.25, 0.3) is 0 Å². The van der Waals surface area contributed by atoms with E-state index in [2.05, 4.69) is 14.9 Å². The fourth-order valence-electron chi connectivity index (χ4n) is 1.98. The number of hydrogen-bond acceptors (Lipinski definition) is 5. The van der Waals surface area contributed by atoms with Gasteiger partial charge >= 0.3 is 5.97 Å². The normalized spacial score (nSPS) is 21.4. The molecule has 9 heteroatoms. The number of aromatic nitrogens is 2. The largest absolute Gasteiger partial charge is 0.478 e. The Hall–Kier alpha value is -1.45. The van der Waals surface area contributed by atoms with Crippen molar-refractivity contribution >= 4 is 16.0 Å². The van der Waals surface area contributed by atoms with Crippen molar-refractivity contribution in [1.29, 1.82) is 0 Å². The molecule has 2 unspecified atom stereocenters. The van der Waals surface area contributed by atoms with Crippen molar-refractivity contribution in [2.24, 2.45) is 5.92 Å². The summed E-state index contributed by atoms with van der Waals surface area (Å²) in [5.74, 6) is -1.25. The van der Waals surface area contributed by atoms with Crippen molar-refractivity contribution in [1.82, 2.24) is 14.9 Å². The molecule has 3 N–H and O–H groups in total. The van der Waals surface area contributed by atoms with Gasteiger partial charge in [0.05, 0.1) is 12.8 Å². The summed E-state index contributed by atoms with van der Waals surface area (Å²) in [7, 11) is -3.93. The SMILES string of the molecule is CC(NS(=O)(=O)c1[nH]ncc1C(=O)O)C1CCOC1. The lowest BCUT2D eigenvalue weighted by Crippen LogP contribution is -2.39. The molecule has 8 nitrogen and oxygen atoms in total. The second-order valence-corrected chi connectivity index (χ2v) is 6.10. The molecule has 1 aliphatic heterocycles. The van der Waals surface area contributed by atoms with E-state index in [1.165, 1.54) is 0 Å². The molecule has 0 radical (unpaired) electrons. The number of ether oxygens (including phenoxy) is 1. The molecule has 0 bridgehead atoms. The van der Waals surface area contributed by atoms with Crippen LogP contribution in [0.2, 0.25) is 0 Å². The number of carboxylic acids is 1. The number of carboxylic acid groups (broad SMARTS) is 1. The summed E-state index contributed by atoms with van der Waals surface area (Å²) in [6, 6.07) is -0.336.